The second kappa shape index (κ2) is 4.04. The van der Waals surface area contributed by atoms with E-state index in [4.69, 9.17) is 5.11 Å². The zero-order valence-electron chi connectivity index (χ0n) is 9.09. The van der Waals surface area contributed by atoms with Gasteiger partial charge in [-0.3, -0.25) is 9.69 Å². The molecule has 1 saturated heterocycles. The summed E-state index contributed by atoms with van der Waals surface area (Å²) in [5.41, 5.74) is -1.06. The smallest absolute Gasteiger partial charge is 0.323 e. The topological polar surface area (TPSA) is 40.5 Å². The molecular weight excluding hydrogens is 204 g/mol. The van der Waals surface area contributed by atoms with Gasteiger partial charge in [-0.25, -0.2) is 8.78 Å². The molecule has 1 aliphatic heterocycles. The van der Waals surface area contributed by atoms with Crippen LogP contribution in [0.2, 0.25) is 0 Å². The van der Waals surface area contributed by atoms with Gasteiger partial charge in [0.25, 0.3) is 0 Å². The number of nitrogens with zero attached hydrogens (tertiary/aromatic N) is 1. The number of carboxylic acids is 1. The van der Waals surface area contributed by atoms with Crippen molar-refractivity contribution < 1.29 is 18.7 Å². The van der Waals surface area contributed by atoms with Gasteiger partial charge >= 0.3 is 5.97 Å². The van der Waals surface area contributed by atoms with Gasteiger partial charge in [0.05, 0.1) is 0 Å². The number of likely N-dealkylation sites (tertiary alicyclic amines) is 1. The Kier molecular flexibility index (Phi) is 3.33. The molecular formula is C10H17F2NO2. The van der Waals surface area contributed by atoms with E-state index in [1.54, 1.807) is 18.7 Å². The molecule has 3 nitrogen and oxygen atoms in total. The molecule has 5 heteroatoms. The maximum absolute atomic E-state index is 13.1. The molecule has 0 atom stereocenters. The van der Waals surface area contributed by atoms with Crippen molar-refractivity contribution in [3.8, 4) is 0 Å². The van der Waals surface area contributed by atoms with Crippen molar-refractivity contribution >= 4 is 5.97 Å². The fourth-order valence-corrected chi connectivity index (χ4v) is 1.76. The zero-order valence-corrected chi connectivity index (χ0v) is 9.09. The number of rotatable bonds is 2. The first kappa shape index (κ1) is 12.4. The average molecular weight is 221 g/mol. The first-order valence-corrected chi connectivity index (χ1v) is 5.12. The molecule has 88 valence electrons. The van der Waals surface area contributed by atoms with E-state index in [9.17, 15) is 13.6 Å². The van der Waals surface area contributed by atoms with Crippen LogP contribution in [0.25, 0.3) is 0 Å². The molecule has 0 radical (unpaired) electrons. The summed E-state index contributed by atoms with van der Waals surface area (Å²) in [7, 11) is 0. The van der Waals surface area contributed by atoms with E-state index >= 15 is 0 Å². The van der Waals surface area contributed by atoms with E-state index in [1.807, 2.05) is 0 Å². The molecule has 0 aromatic rings. The first-order chi connectivity index (χ1) is 6.76. The van der Waals surface area contributed by atoms with Crippen LogP contribution in [0.15, 0.2) is 0 Å². The highest BCUT2D eigenvalue weighted by Gasteiger charge is 2.39. The van der Waals surface area contributed by atoms with E-state index in [0.717, 1.165) is 0 Å². The molecule has 1 aliphatic rings. The number of carbonyl (C=O) groups is 1. The van der Waals surface area contributed by atoms with Crippen molar-refractivity contribution in [3.05, 3.63) is 0 Å². The molecule has 0 saturated carbocycles. The summed E-state index contributed by atoms with van der Waals surface area (Å²) in [5, 5.41) is 8.99. The molecule has 15 heavy (non-hydrogen) atoms. The van der Waals surface area contributed by atoms with Crippen LogP contribution in [0.5, 0.6) is 0 Å². The van der Waals surface area contributed by atoms with Crippen molar-refractivity contribution in [3.63, 3.8) is 0 Å². The van der Waals surface area contributed by atoms with Crippen molar-refractivity contribution in [1.82, 2.24) is 4.90 Å². The Balaban J connectivity index is 2.69. The molecule has 1 rings (SSSR count). The normalized spacial score (nSPS) is 23.5. The van der Waals surface area contributed by atoms with E-state index in [2.05, 4.69) is 0 Å². The quantitative estimate of drug-likeness (QED) is 0.775. The molecule has 0 amide bonds. The predicted molar refractivity (Wildman–Crippen MR) is 52.1 cm³/mol. The highest BCUT2D eigenvalue weighted by atomic mass is 19.3. The third-order valence-electron chi connectivity index (χ3n) is 3.03. The van der Waals surface area contributed by atoms with E-state index in [-0.39, 0.29) is 19.4 Å². The van der Waals surface area contributed by atoms with Gasteiger partial charge in [0.1, 0.15) is 5.54 Å². The lowest BCUT2D eigenvalue weighted by molar-refractivity contribution is -0.149. The zero-order chi connectivity index (χ0) is 11.7. The van der Waals surface area contributed by atoms with E-state index in [1.165, 1.54) is 0 Å². The Morgan fingerprint density at radius 2 is 1.93 bits per heavy atom. The Labute approximate surface area is 88.1 Å². The van der Waals surface area contributed by atoms with Crippen LogP contribution in [-0.2, 0) is 4.79 Å². The Bertz CT molecular complexity index is 254. The van der Waals surface area contributed by atoms with Crippen molar-refractivity contribution in [2.75, 3.05) is 13.1 Å². The van der Waals surface area contributed by atoms with Gasteiger partial charge in [-0.2, -0.15) is 0 Å². The van der Waals surface area contributed by atoms with Crippen LogP contribution >= 0.6 is 0 Å². The number of alkyl halides is 2. The molecule has 0 unspecified atom stereocenters. The lowest BCUT2D eigenvalue weighted by Crippen LogP contribution is -2.50. The number of halogens is 2. The molecule has 0 aliphatic carbocycles. The molecule has 0 aromatic heterocycles. The fraction of sp³-hybridized carbons (Fsp3) is 0.900. The highest BCUT2D eigenvalue weighted by molar-refractivity contribution is 5.77. The average Bonchev–Trinajstić information content (AvgIpc) is 2.26. The van der Waals surface area contributed by atoms with Gasteiger partial charge in [-0.15, -0.1) is 0 Å². The van der Waals surface area contributed by atoms with Gasteiger partial charge in [0.15, 0.2) is 0 Å². The lowest BCUT2D eigenvalue weighted by atomic mass is 10.0. The summed E-state index contributed by atoms with van der Waals surface area (Å²) in [6, 6.07) is 0. The second-order valence-electron chi connectivity index (χ2n) is 4.56. The number of carboxylic acid groups (broad SMARTS) is 1. The molecule has 0 spiro atoms. The Morgan fingerprint density at radius 1 is 1.33 bits per heavy atom. The molecule has 1 N–H and O–H groups in total. The fourth-order valence-electron chi connectivity index (χ4n) is 1.76. The maximum atomic E-state index is 13.1. The van der Waals surface area contributed by atoms with Gasteiger partial charge in [-0.1, -0.05) is 0 Å². The summed E-state index contributed by atoms with van der Waals surface area (Å²) in [6.45, 7) is 3.68. The van der Waals surface area contributed by atoms with Gasteiger partial charge in [0, 0.05) is 19.4 Å². The molecule has 1 fully saturated rings. The van der Waals surface area contributed by atoms with Crippen LogP contribution in [0.4, 0.5) is 8.78 Å². The van der Waals surface area contributed by atoms with E-state index < -0.39 is 17.4 Å². The third-order valence-corrected chi connectivity index (χ3v) is 3.03. The Morgan fingerprint density at radius 3 is 2.47 bits per heavy atom. The largest absolute Gasteiger partial charge is 0.480 e. The van der Waals surface area contributed by atoms with Crippen LogP contribution < -0.4 is 0 Å². The second-order valence-corrected chi connectivity index (χ2v) is 4.56. The van der Waals surface area contributed by atoms with E-state index in [0.29, 0.717) is 13.0 Å². The van der Waals surface area contributed by atoms with Crippen LogP contribution in [0.3, 0.4) is 0 Å². The lowest BCUT2D eigenvalue weighted by Gasteiger charge is -2.33. The summed E-state index contributed by atoms with van der Waals surface area (Å²) < 4.78 is 26.1. The van der Waals surface area contributed by atoms with Gasteiger partial charge in [-0.05, 0) is 26.8 Å². The minimum Gasteiger partial charge on any atom is -0.480 e. The molecule has 0 bridgehead atoms. The van der Waals surface area contributed by atoms with Gasteiger partial charge < -0.3 is 5.11 Å². The summed E-state index contributed by atoms with van der Waals surface area (Å²) in [6.07, 6.45) is -0.0351. The summed E-state index contributed by atoms with van der Waals surface area (Å²) >= 11 is 0. The van der Waals surface area contributed by atoms with Crippen LogP contribution in [0, 0.1) is 0 Å². The maximum Gasteiger partial charge on any atom is 0.323 e. The summed E-state index contributed by atoms with van der Waals surface area (Å²) in [4.78, 5) is 12.6. The van der Waals surface area contributed by atoms with Crippen molar-refractivity contribution in [1.29, 1.82) is 0 Å². The van der Waals surface area contributed by atoms with Crippen molar-refractivity contribution in [2.24, 2.45) is 0 Å². The van der Waals surface area contributed by atoms with Crippen LogP contribution in [-0.4, -0.2) is 40.5 Å². The number of hydrogen-bond acceptors (Lipinski definition) is 2. The monoisotopic (exact) mass is 221 g/mol. The molecule has 0 aromatic carbocycles. The molecule has 1 heterocycles. The standard InChI is InChI=1S/C10H17F2NO2/c1-9(2,8(14)15)13-6-3-4-10(11,12)5-7-13/h3-7H2,1-2H3,(H,14,15). The first-order valence-electron chi connectivity index (χ1n) is 5.12. The third kappa shape index (κ3) is 2.87. The van der Waals surface area contributed by atoms with Crippen LogP contribution in [0.1, 0.15) is 33.1 Å². The Hall–Kier alpha value is -0.710. The number of aliphatic carboxylic acids is 1. The SMILES string of the molecule is CC(C)(C(=O)O)N1CCCC(F)(F)CC1. The number of hydrogen-bond donors (Lipinski definition) is 1. The predicted octanol–water partition coefficient (Wildman–Crippen LogP) is 1.97. The minimum atomic E-state index is -2.64. The minimum absolute atomic E-state index is 0.140. The van der Waals surface area contributed by atoms with Gasteiger partial charge in [0.2, 0.25) is 5.92 Å². The van der Waals surface area contributed by atoms with Crippen molar-refractivity contribution in [2.45, 2.75) is 44.6 Å². The highest BCUT2D eigenvalue weighted by Crippen LogP contribution is 2.30. The summed E-state index contributed by atoms with van der Waals surface area (Å²) in [5.74, 6) is -3.60.